The molecule has 1 saturated heterocycles. The van der Waals surface area contributed by atoms with Gasteiger partial charge in [0, 0.05) is 6.04 Å². The summed E-state index contributed by atoms with van der Waals surface area (Å²) in [6, 6.07) is 2.47. The molecule has 1 amide bonds. The van der Waals surface area contributed by atoms with Crippen LogP contribution in [-0.2, 0) is 4.79 Å². The van der Waals surface area contributed by atoms with Gasteiger partial charge >= 0.3 is 0 Å². The molecule has 1 aliphatic heterocycles. The average molecular weight is 178 g/mol. The van der Waals surface area contributed by atoms with Crippen molar-refractivity contribution in [3.63, 3.8) is 0 Å². The summed E-state index contributed by atoms with van der Waals surface area (Å²) in [5.74, 6) is 0.318. The number of hydrogen-bond donors (Lipinski definition) is 1. The molecule has 0 spiro atoms. The standard InChI is InChI=1S/C10H14N2O/c1-2-8-5-10(6-11,7-3-4-7)9(13)12-8/h7-8H,2-5H2,1H3,(H,12,13)/t8-,10+/m0/s1. The SMILES string of the molecule is CC[C@H]1C[C@@](C#N)(C2CC2)C(=O)N1. The van der Waals surface area contributed by atoms with Gasteiger partial charge in [-0.3, -0.25) is 4.79 Å². The topological polar surface area (TPSA) is 52.9 Å². The van der Waals surface area contributed by atoms with Crippen LogP contribution in [0.15, 0.2) is 0 Å². The quantitative estimate of drug-likeness (QED) is 0.690. The Morgan fingerprint density at radius 2 is 2.38 bits per heavy atom. The van der Waals surface area contributed by atoms with Crippen molar-refractivity contribution >= 4 is 5.91 Å². The van der Waals surface area contributed by atoms with Gasteiger partial charge in [-0.25, -0.2) is 0 Å². The van der Waals surface area contributed by atoms with Gasteiger partial charge in [0.15, 0.2) is 0 Å². The van der Waals surface area contributed by atoms with E-state index < -0.39 is 5.41 Å². The van der Waals surface area contributed by atoms with Gasteiger partial charge in [0.1, 0.15) is 5.41 Å². The van der Waals surface area contributed by atoms with E-state index in [9.17, 15) is 4.79 Å². The largest absolute Gasteiger partial charge is 0.352 e. The Kier molecular flexibility index (Phi) is 1.80. The normalized spacial score (nSPS) is 38.5. The van der Waals surface area contributed by atoms with Crippen LogP contribution in [-0.4, -0.2) is 11.9 Å². The molecule has 0 aromatic heterocycles. The summed E-state index contributed by atoms with van der Waals surface area (Å²) in [6.45, 7) is 2.05. The number of rotatable bonds is 2. The van der Waals surface area contributed by atoms with Crippen molar-refractivity contribution < 1.29 is 4.79 Å². The highest BCUT2D eigenvalue weighted by Crippen LogP contribution is 2.50. The first kappa shape index (κ1) is 8.55. The van der Waals surface area contributed by atoms with Crippen LogP contribution in [0.1, 0.15) is 32.6 Å². The van der Waals surface area contributed by atoms with Crippen molar-refractivity contribution in [3.8, 4) is 6.07 Å². The van der Waals surface area contributed by atoms with Crippen LogP contribution in [0.3, 0.4) is 0 Å². The highest BCUT2D eigenvalue weighted by Gasteiger charge is 2.56. The number of amides is 1. The van der Waals surface area contributed by atoms with Crippen molar-refractivity contribution in [3.05, 3.63) is 0 Å². The number of carbonyl (C=O) groups excluding carboxylic acids is 1. The lowest BCUT2D eigenvalue weighted by Crippen LogP contribution is -2.32. The maximum absolute atomic E-state index is 11.6. The molecule has 1 N–H and O–H groups in total. The lowest BCUT2D eigenvalue weighted by molar-refractivity contribution is -0.126. The third-order valence-electron chi connectivity index (χ3n) is 3.28. The Labute approximate surface area is 78.1 Å². The molecule has 70 valence electrons. The third kappa shape index (κ3) is 1.13. The maximum Gasteiger partial charge on any atom is 0.241 e. The van der Waals surface area contributed by atoms with Gasteiger partial charge in [0.05, 0.1) is 6.07 Å². The molecule has 0 radical (unpaired) electrons. The van der Waals surface area contributed by atoms with Crippen molar-refractivity contribution in [1.82, 2.24) is 5.32 Å². The van der Waals surface area contributed by atoms with Crippen LogP contribution in [0.4, 0.5) is 0 Å². The Morgan fingerprint density at radius 3 is 2.77 bits per heavy atom. The van der Waals surface area contributed by atoms with Crippen LogP contribution < -0.4 is 5.32 Å². The summed E-state index contributed by atoms with van der Waals surface area (Å²) in [5.41, 5.74) is -0.666. The van der Waals surface area contributed by atoms with E-state index in [1.807, 2.05) is 6.92 Å². The molecule has 3 heteroatoms. The summed E-state index contributed by atoms with van der Waals surface area (Å²) in [6.07, 6.45) is 3.76. The molecule has 0 bridgehead atoms. The van der Waals surface area contributed by atoms with Gasteiger partial charge in [0.25, 0.3) is 0 Å². The lowest BCUT2D eigenvalue weighted by atomic mass is 9.81. The molecule has 13 heavy (non-hydrogen) atoms. The second-order valence-electron chi connectivity index (χ2n) is 4.14. The predicted octanol–water partition coefficient (Wildman–Crippen LogP) is 1.20. The number of hydrogen-bond acceptors (Lipinski definition) is 2. The molecule has 0 unspecified atom stereocenters. The zero-order valence-electron chi connectivity index (χ0n) is 7.84. The van der Waals surface area contributed by atoms with E-state index >= 15 is 0 Å². The smallest absolute Gasteiger partial charge is 0.241 e. The lowest BCUT2D eigenvalue weighted by Gasteiger charge is -2.15. The Morgan fingerprint density at radius 1 is 1.69 bits per heavy atom. The summed E-state index contributed by atoms with van der Waals surface area (Å²) < 4.78 is 0. The molecule has 2 atom stereocenters. The van der Waals surface area contributed by atoms with Crippen molar-refractivity contribution in [2.45, 2.75) is 38.6 Å². The van der Waals surface area contributed by atoms with E-state index in [2.05, 4.69) is 11.4 Å². The highest BCUT2D eigenvalue weighted by atomic mass is 16.2. The second kappa shape index (κ2) is 2.73. The van der Waals surface area contributed by atoms with Gasteiger partial charge in [-0.15, -0.1) is 0 Å². The molecular weight excluding hydrogens is 164 g/mol. The molecule has 2 rings (SSSR count). The summed E-state index contributed by atoms with van der Waals surface area (Å²) in [7, 11) is 0. The zero-order chi connectivity index (χ0) is 9.47. The van der Waals surface area contributed by atoms with Crippen LogP contribution in [0.5, 0.6) is 0 Å². The van der Waals surface area contributed by atoms with E-state index in [1.54, 1.807) is 0 Å². The number of nitriles is 1. The molecule has 1 saturated carbocycles. The average Bonchev–Trinajstić information content (AvgIpc) is 2.92. The van der Waals surface area contributed by atoms with Gasteiger partial charge in [-0.2, -0.15) is 5.26 Å². The minimum Gasteiger partial charge on any atom is -0.352 e. The first-order chi connectivity index (χ1) is 6.23. The Balaban J connectivity index is 2.21. The molecule has 2 aliphatic rings. The second-order valence-corrected chi connectivity index (χ2v) is 4.14. The Bertz CT molecular complexity index is 277. The van der Waals surface area contributed by atoms with E-state index in [4.69, 9.17) is 5.26 Å². The van der Waals surface area contributed by atoms with Crippen molar-refractivity contribution in [1.29, 1.82) is 5.26 Å². The fraction of sp³-hybridized carbons (Fsp3) is 0.800. The minimum absolute atomic E-state index is 0.0237. The molecular formula is C10H14N2O. The van der Waals surface area contributed by atoms with Crippen molar-refractivity contribution in [2.24, 2.45) is 11.3 Å². The molecule has 1 heterocycles. The number of nitrogens with one attached hydrogen (secondary N) is 1. The first-order valence-electron chi connectivity index (χ1n) is 4.95. The fourth-order valence-corrected chi connectivity index (χ4v) is 2.21. The van der Waals surface area contributed by atoms with Crippen LogP contribution in [0, 0.1) is 22.7 Å². The molecule has 1 aliphatic carbocycles. The highest BCUT2D eigenvalue weighted by molar-refractivity contribution is 5.88. The van der Waals surface area contributed by atoms with E-state index in [0.717, 1.165) is 25.7 Å². The molecule has 0 aromatic carbocycles. The molecule has 0 aromatic rings. The zero-order valence-corrected chi connectivity index (χ0v) is 7.84. The molecule has 3 nitrogen and oxygen atoms in total. The van der Waals surface area contributed by atoms with Gasteiger partial charge in [0.2, 0.25) is 5.91 Å². The summed E-state index contributed by atoms with van der Waals surface area (Å²) >= 11 is 0. The van der Waals surface area contributed by atoms with Gasteiger partial charge in [-0.05, 0) is 31.6 Å². The molecule has 2 fully saturated rings. The number of carbonyl (C=O) groups is 1. The fourth-order valence-electron chi connectivity index (χ4n) is 2.21. The van der Waals surface area contributed by atoms with E-state index in [1.165, 1.54) is 0 Å². The first-order valence-corrected chi connectivity index (χ1v) is 4.95. The van der Waals surface area contributed by atoms with Crippen molar-refractivity contribution in [2.75, 3.05) is 0 Å². The minimum atomic E-state index is -0.666. The predicted molar refractivity (Wildman–Crippen MR) is 47.6 cm³/mol. The summed E-state index contributed by atoms with van der Waals surface area (Å²) in [4.78, 5) is 11.6. The van der Waals surface area contributed by atoms with Crippen LogP contribution in [0.2, 0.25) is 0 Å². The number of nitrogens with zero attached hydrogens (tertiary/aromatic N) is 1. The van der Waals surface area contributed by atoms with Crippen LogP contribution >= 0.6 is 0 Å². The third-order valence-corrected chi connectivity index (χ3v) is 3.28. The maximum atomic E-state index is 11.6. The summed E-state index contributed by atoms with van der Waals surface area (Å²) in [5, 5.41) is 12.0. The van der Waals surface area contributed by atoms with Gasteiger partial charge in [-0.1, -0.05) is 6.92 Å². The van der Waals surface area contributed by atoms with Crippen LogP contribution in [0.25, 0.3) is 0 Å². The van der Waals surface area contributed by atoms with E-state index in [0.29, 0.717) is 5.92 Å². The van der Waals surface area contributed by atoms with E-state index in [-0.39, 0.29) is 11.9 Å². The Hall–Kier alpha value is -1.04. The monoisotopic (exact) mass is 178 g/mol. The van der Waals surface area contributed by atoms with Gasteiger partial charge < -0.3 is 5.32 Å².